The molecule has 0 radical (unpaired) electrons. The molecule has 2 N–H and O–H groups in total. The predicted octanol–water partition coefficient (Wildman–Crippen LogP) is 4.39. The first-order chi connectivity index (χ1) is 15.2. The Morgan fingerprint density at radius 2 is 2.16 bits per heavy atom. The maximum absolute atomic E-state index is 12.8. The van der Waals surface area contributed by atoms with Crippen LogP contribution in [-0.2, 0) is 30.6 Å². The molecule has 1 amide bonds. The minimum absolute atomic E-state index is 0.0749. The van der Waals surface area contributed by atoms with Crippen LogP contribution in [0, 0.1) is 11.3 Å². The van der Waals surface area contributed by atoms with E-state index in [1.165, 1.54) is 10.4 Å². The zero-order valence-corrected chi connectivity index (χ0v) is 20.0. The first kappa shape index (κ1) is 22.5. The van der Waals surface area contributed by atoms with Gasteiger partial charge in [0.05, 0.1) is 12.5 Å². The van der Waals surface area contributed by atoms with Crippen molar-refractivity contribution >= 4 is 27.5 Å². The van der Waals surface area contributed by atoms with Crippen LogP contribution in [0.1, 0.15) is 55.4 Å². The minimum Gasteiger partial charge on any atom is -0.497 e. The van der Waals surface area contributed by atoms with E-state index in [4.69, 9.17) is 9.72 Å². The molecule has 0 aliphatic heterocycles. The van der Waals surface area contributed by atoms with E-state index in [1.54, 1.807) is 18.4 Å². The summed E-state index contributed by atoms with van der Waals surface area (Å²) in [7, 11) is 1.62. The second-order valence-electron chi connectivity index (χ2n) is 9.63. The number of ether oxygens (including phenoxy) is 1. The summed E-state index contributed by atoms with van der Waals surface area (Å²) < 4.78 is 5.21. The summed E-state index contributed by atoms with van der Waals surface area (Å²) in [5.41, 5.74) is 2.34. The molecule has 2 aromatic heterocycles. The number of aromatic nitrogens is 2. The first-order valence-corrected chi connectivity index (χ1v) is 12.0. The molecule has 32 heavy (non-hydrogen) atoms. The molecular formula is C25H31N3O3S. The van der Waals surface area contributed by atoms with Gasteiger partial charge in [0.25, 0.3) is 5.56 Å². The number of aromatic amines is 1. The van der Waals surface area contributed by atoms with Gasteiger partial charge in [0, 0.05) is 24.3 Å². The molecule has 1 aliphatic carbocycles. The van der Waals surface area contributed by atoms with Gasteiger partial charge in [-0.15, -0.1) is 11.3 Å². The number of aryl methyl sites for hydroxylation is 2. The SMILES string of the molecule is COc1cccc(CNC(=O)CCc2nc3sc4c(c3c(=O)[nH]2)CC[C@@H](C(C)(C)C)C4)c1. The summed E-state index contributed by atoms with van der Waals surface area (Å²) in [6.07, 6.45) is 3.74. The van der Waals surface area contributed by atoms with Crippen molar-refractivity contribution in [1.82, 2.24) is 15.3 Å². The number of carbonyl (C=O) groups is 1. The summed E-state index contributed by atoms with van der Waals surface area (Å²) in [6.45, 7) is 7.31. The van der Waals surface area contributed by atoms with Crippen LogP contribution in [0.15, 0.2) is 29.1 Å². The number of benzene rings is 1. The maximum Gasteiger partial charge on any atom is 0.259 e. The lowest BCUT2D eigenvalue weighted by Crippen LogP contribution is -2.26. The van der Waals surface area contributed by atoms with Gasteiger partial charge in [-0.1, -0.05) is 32.9 Å². The number of fused-ring (bicyclic) bond motifs is 3. The Bertz CT molecular complexity index is 1190. The molecule has 6 nitrogen and oxygen atoms in total. The topological polar surface area (TPSA) is 84.1 Å². The van der Waals surface area contributed by atoms with Crippen LogP contribution in [-0.4, -0.2) is 23.0 Å². The highest BCUT2D eigenvalue weighted by atomic mass is 32.1. The summed E-state index contributed by atoms with van der Waals surface area (Å²) in [5.74, 6) is 1.88. The van der Waals surface area contributed by atoms with Crippen molar-refractivity contribution in [3.63, 3.8) is 0 Å². The molecule has 1 aliphatic rings. The Morgan fingerprint density at radius 3 is 2.91 bits per heavy atom. The highest BCUT2D eigenvalue weighted by Crippen LogP contribution is 2.41. The molecule has 7 heteroatoms. The number of methoxy groups -OCH3 is 1. The molecule has 0 saturated heterocycles. The van der Waals surface area contributed by atoms with Gasteiger partial charge in [-0.2, -0.15) is 0 Å². The molecule has 0 unspecified atom stereocenters. The number of hydrogen-bond donors (Lipinski definition) is 2. The smallest absolute Gasteiger partial charge is 0.259 e. The fourth-order valence-electron chi connectivity index (χ4n) is 4.39. The van der Waals surface area contributed by atoms with Crippen LogP contribution < -0.4 is 15.6 Å². The molecular weight excluding hydrogens is 422 g/mol. The quantitative estimate of drug-likeness (QED) is 0.580. The Morgan fingerprint density at radius 1 is 1.34 bits per heavy atom. The van der Waals surface area contributed by atoms with E-state index < -0.39 is 0 Å². The van der Waals surface area contributed by atoms with Crippen molar-refractivity contribution in [2.24, 2.45) is 11.3 Å². The van der Waals surface area contributed by atoms with E-state index in [-0.39, 0.29) is 23.3 Å². The average molecular weight is 454 g/mol. The van der Waals surface area contributed by atoms with Gasteiger partial charge < -0.3 is 15.0 Å². The van der Waals surface area contributed by atoms with Crippen molar-refractivity contribution in [2.75, 3.05) is 7.11 Å². The molecule has 170 valence electrons. The number of nitrogens with zero attached hydrogens (tertiary/aromatic N) is 1. The third kappa shape index (κ3) is 4.88. The molecule has 3 aromatic rings. The summed E-state index contributed by atoms with van der Waals surface area (Å²) in [5, 5.41) is 3.67. The zero-order valence-electron chi connectivity index (χ0n) is 19.2. The van der Waals surface area contributed by atoms with Crippen LogP contribution in [0.4, 0.5) is 0 Å². The summed E-state index contributed by atoms with van der Waals surface area (Å²) in [4.78, 5) is 34.9. The first-order valence-electron chi connectivity index (χ1n) is 11.2. The van der Waals surface area contributed by atoms with E-state index in [1.807, 2.05) is 24.3 Å². The lowest BCUT2D eigenvalue weighted by molar-refractivity contribution is -0.121. The van der Waals surface area contributed by atoms with Crippen molar-refractivity contribution < 1.29 is 9.53 Å². The Labute approximate surface area is 192 Å². The average Bonchev–Trinajstić information content (AvgIpc) is 3.14. The van der Waals surface area contributed by atoms with Crippen LogP contribution in [0.25, 0.3) is 10.2 Å². The predicted molar refractivity (Wildman–Crippen MR) is 128 cm³/mol. The summed E-state index contributed by atoms with van der Waals surface area (Å²) in [6, 6.07) is 7.61. The van der Waals surface area contributed by atoms with Gasteiger partial charge in [0.15, 0.2) is 0 Å². The fraction of sp³-hybridized carbons (Fsp3) is 0.480. The largest absolute Gasteiger partial charge is 0.497 e. The van der Waals surface area contributed by atoms with Gasteiger partial charge in [0.2, 0.25) is 5.91 Å². The van der Waals surface area contributed by atoms with E-state index in [0.717, 1.165) is 40.8 Å². The number of thiophene rings is 1. The highest BCUT2D eigenvalue weighted by Gasteiger charge is 2.31. The highest BCUT2D eigenvalue weighted by molar-refractivity contribution is 7.18. The molecule has 0 fully saturated rings. The van der Waals surface area contributed by atoms with Gasteiger partial charge in [-0.25, -0.2) is 4.98 Å². The number of hydrogen-bond acceptors (Lipinski definition) is 5. The maximum atomic E-state index is 12.8. The molecule has 0 bridgehead atoms. The lowest BCUT2D eigenvalue weighted by Gasteiger charge is -2.33. The Kier molecular flexibility index (Phi) is 6.38. The molecule has 1 atom stereocenters. The number of rotatable bonds is 6. The van der Waals surface area contributed by atoms with Crippen molar-refractivity contribution in [3.05, 3.63) is 56.4 Å². The van der Waals surface area contributed by atoms with Crippen LogP contribution in [0.3, 0.4) is 0 Å². The molecule has 0 saturated carbocycles. The van der Waals surface area contributed by atoms with Gasteiger partial charge in [-0.3, -0.25) is 9.59 Å². The Balaban J connectivity index is 1.42. The lowest BCUT2D eigenvalue weighted by atomic mass is 9.72. The Hall–Kier alpha value is -2.67. The van der Waals surface area contributed by atoms with Gasteiger partial charge >= 0.3 is 0 Å². The van der Waals surface area contributed by atoms with Crippen LogP contribution in [0.5, 0.6) is 5.75 Å². The van der Waals surface area contributed by atoms with E-state index in [2.05, 4.69) is 31.1 Å². The minimum atomic E-state index is -0.0755. The monoisotopic (exact) mass is 453 g/mol. The van der Waals surface area contributed by atoms with E-state index in [9.17, 15) is 9.59 Å². The van der Waals surface area contributed by atoms with Crippen LogP contribution in [0.2, 0.25) is 0 Å². The number of nitrogens with one attached hydrogen (secondary N) is 2. The third-order valence-electron chi connectivity index (χ3n) is 6.41. The van der Waals surface area contributed by atoms with E-state index in [0.29, 0.717) is 24.7 Å². The molecule has 1 aromatic carbocycles. The number of amides is 1. The second-order valence-corrected chi connectivity index (χ2v) is 10.7. The zero-order chi connectivity index (χ0) is 22.9. The standard InChI is InChI=1S/C25H31N3O3S/c1-25(2,3)16-8-9-18-19(13-16)32-24-22(18)23(30)27-20(28-24)10-11-21(29)26-14-15-6-5-7-17(12-15)31-4/h5-7,12,16H,8-11,13-14H2,1-4H3,(H,26,29)(H,27,28,30)/t16-/m1/s1. The van der Waals surface area contributed by atoms with Gasteiger partial charge in [0.1, 0.15) is 16.4 Å². The van der Waals surface area contributed by atoms with Crippen LogP contribution >= 0.6 is 11.3 Å². The number of H-pyrrole nitrogens is 1. The molecule has 4 rings (SSSR count). The van der Waals surface area contributed by atoms with Crippen molar-refractivity contribution in [1.29, 1.82) is 0 Å². The number of carbonyl (C=O) groups excluding carboxylic acids is 1. The summed E-state index contributed by atoms with van der Waals surface area (Å²) >= 11 is 1.65. The van der Waals surface area contributed by atoms with Crippen molar-refractivity contribution in [3.8, 4) is 5.75 Å². The molecule has 2 heterocycles. The van der Waals surface area contributed by atoms with Crippen molar-refractivity contribution in [2.45, 2.75) is 59.4 Å². The normalized spacial score (nSPS) is 16.1. The third-order valence-corrected chi connectivity index (χ3v) is 7.55. The second kappa shape index (κ2) is 9.06. The van der Waals surface area contributed by atoms with E-state index >= 15 is 0 Å². The fourth-order valence-corrected chi connectivity index (χ4v) is 5.71. The molecule has 0 spiro atoms. The van der Waals surface area contributed by atoms with Gasteiger partial charge in [-0.05, 0) is 53.9 Å².